The lowest BCUT2D eigenvalue weighted by atomic mass is 9.91. The van der Waals surface area contributed by atoms with Crippen LogP contribution in [0.15, 0.2) is 30.3 Å². The van der Waals surface area contributed by atoms with Crippen molar-refractivity contribution in [3.63, 3.8) is 0 Å². The lowest BCUT2D eigenvalue weighted by Crippen LogP contribution is -2.67. The summed E-state index contributed by atoms with van der Waals surface area (Å²) in [5, 5.41) is 54.0. The number of likely N-dealkylation sites (tertiary alicyclic amines) is 1. The number of carbonyl (C=O) groups is 20. The van der Waals surface area contributed by atoms with Gasteiger partial charge in [0.15, 0.2) is 0 Å². The van der Waals surface area contributed by atoms with Gasteiger partial charge in [-0.2, -0.15) is 0 Å². The molecule has 1 aliphatic heterocycles. The highest BCUT2D eigenvalue weighted by atomic mass is 16.3. The van der Waals surface area contributed by atoms with E-state index in [1.165, 1.54) is 123 Å². The van der Waals surface area contributed by atoms with Crippen molar-refractivity contribution in [3.8, 4) is 0 Å². The number of aliphatic hydroxyl groups is 1. The number of hydrogen-bond donors (Lipinski definition) is 20. The normalized spacial score (nSPS) is 16.0. The third-order valence-corrected chi connectivity index (χ3v) is 21.4. The minimum Gasteiger partial charge on any atom is -0.394 e. The summed E-state index contributed by atoms with van der Waals surface area (Å²) in [5.74, 6) is -17.3. The maximum Gasteiger partial charge on any atom is 0.248 e. The number of rotatable bonds is 50. The van der Waals surface area contributed by atoms with Gasteiger partial charge < -0.3 is 112 Å². The minimum absolute atomic E-state index is 0.0309. The van der Waals surface area contributed by atoms with E-state index in [4.69, 9.17) is 11.5 Å². The average molecular weight is 1780 g/mol. The number of nitrogens with zero attached hydrogens (tertiary/aromatic N) is 1. The van der Waals surface area contributed by atoms with E-state index in [-0.39, 0.29) is 69.7 Å². The minimum atomic E-state index is -1.90. The third-order valence-electron chi connectivity index (χ3n) is 21.4. The lowest BCUT2D eigenvalue weighted by Gasteiger charge is -2.36. The zero-order chi connectivity index (χ0) is 97.1. The van der Waals surface area contributed by atoms with Gasteiger partial charge in [-0.15, -0.1) is 0 Å². The molecule has 0 bridgehead atoms. The molecule has 0 aliphatic carbocycles. The van der Waals surface area contributed by atoms with Gasteiger partial charge in [-0.05, 0) is 192 Å². The molecule has 11 atom stereocenters. The predicted molar refractivity (Wildman–Crippen MR) is 465 cm³/mol. The van der Waals surface area contributed by atoms with Crippen molar-refractivity contribution in [3.05, 3.63) is 35.9 Å². The van der Waals surface area contributed by atoms with Crippen molar-refractivity contribution in [1.29, 1.82) is 0 Å². The Balaban J connectivity index is 2.20. The Morgan fingerprint density at radius 1 is 0.429 bits per heavy atom. The van der Waals surface area contributed by atoms with Gasteiger partial charge in [0.1, 0.15) is 92.6 Å². The van der Waals surface area contributed by atoms with E-state index in [1.54, 1.807) is 85.7 Å². The maximum atomic E-state index is 14.6. The number of primary amides is 2. The Hall–Kier alpha value is -11.4. The molecule has 41 heteroatoms. The van der Waals surface area contributed by atoms with Gasteiger partial charge in [0.25, 0.3) is 0 Å². The molecule has 1 aromatic carbocycles. The van der Waals surface area contributed by atoms with Crippen LogP contribution >= 0.6 is 0 Å². The zero-order valence-corrected chi connectivity index (χ0v) is 77.9. The molecule has 1 heterocycles. The fourth-order valence-corrected chi connectivity index (χ4v) is 12.9. The SMILES string of the molecule is CC[C@@](C)(NC(=O)[C@H](C)NC(=O)[C@H](C)NC(=O)C(C)(C)NC(C)=O)C(=O)N[C@](C)(CC)C(=O)N[C@@H](CCC(N)=O)C(=O)NC(C)(C)C(=O)N[C@H](C(=O)NC(C)(C)C(=O)NCC(=O)N[C@@H](CC(C)C)C(=O)NC(C)(C)C(=O)N1CCC[C@H]1C(=O)N[C@@H](CC(C)C)C(=O)NC(C)(C)C(=O)NC(C)(C)C(=O)N[C@@H](CCC(N)=O)C(=O)N[C@H](CO)Cc1ccccc1)C(C)C. The molecule has 0 aromatic heterocycles. The van der Waals surface area contributed by atoms with E-state index in [2.05, 4.69) is 90.4 Å². The largest absolute Gasteiger partial charge is 0.394 e. The maximum absolute atomic E-state index is 14.6. The Kier molecular flexibility index (Phi) is 41.5. The molecule has 22 N–H and O–H groups in total. The highest BCUT2D eigenvalue weighted by molar-refractivity contribution is 6.04. The highest BCUT2D eigenvalue weighted by Crippen LogP contribution is 2.25. The molecule has 0 spiro atoms. The molecule has 41 nitrogen and oxygen atoms in total. The van der Waals surface area contributed by atoms with Crippen LogP contribution in [0.4, 0.5) is 0 Å². The average Bonchev–Trinajstić information content (AvgIpc) is 1.49. The van der Waals surface area contributed by atoms with Gasteiger partial charge in [-0.25, -0.2) is 0 Å². The molecule has 20 amide bonds. The molecule has 1 aromatic rings. The van der Waals surface area contributed by atoms with Gasteiger partial charge in [-0.3, -0.25) is 95.9 Å². The second-order valence-electron chi connectivity index (χ2n) is 37.2. The summed E-state index contributed by atoms with van der Waals surface area (Å²) in [6, 6.07) is -2.25. The number of nitrogens with two attached hydrogens (primary N) is 2. The summed E-state index contributed by atoms with van der Waals surface area (Å²) in [4.78, 5) is 274. The van der Waals surface area contributed by atoms with Crippen molar-refractivity contribution in [2.75, 3.05) is 19.7 Å². The summed E-state index contributed by atoms with van der Waals surface area (Å²) in [7, 11) is 0. The summed E-state index contributed by atoms with van der Waals surface area (Å²) >= 11 is 0. The van der Waals surface area contributed by atoms with Crippen LogP contribution in [0.5, 0.6) is 0 Å². The Morgan fingerprint density at radius 3 is 1.35 bits per heavy atom. The van der Waals surface area contributed by atoms with Crippen LogP contribution in [0, 0.1) is 17.8 Å². The summed E-state index contributed by atoms with van der Waals surface area (Å²) in [6.45, 7) is 35.1. The second kappa shape index (κ2) is 47.2. The van der Waals surface area contributed by atoms with Crippen molar-refractivity contribution in [1.82, 2.24) is 95.3 Å². The molecule has 1 fully saturated rings. The predicted octanol–water partition coefficient (Wildman–Crippen LogP) is -2.52. The zero-order valence-electron chi connectivity index (χ0n) is 77.9. The topological polar surface area (TPSA) is 621 Å². The van der Waals surface area contributed by atoms with Crippen LogP contribution in [-0.4, -0.2) is 247 Å². The first-order valence-electron chi connectivity index (χ1n) is 42.6. The monoisotopic (exact) mass is 1780 g/mol. The first-order valence-corrected chi connectivity index (χ1v) is 42.6. The first kappa shape index (κ1) is 111. The van der Waals surface area contributed by atoms with Crippen LogP contribution in [0.25, 0.3) is 0 Å². The van der Waals surface area contributed by atoms with Crippen LogP contribution < -0.4 is 102 Å². The lowest BCUT2D eigenvalue weighted by molar-refractivity contribution is -0.145. The molecule has 0 unspecified atom stereocenters. The van der Waals surface area contributed by atoms with Gasteiger partial charge in [0.05, 0.1) is 19.2 Å². The Bertz CT molecular complexity index is 4130. The van der Waals surface area contributed by atoms with Crippen LogP contribution in [-0.2, 0) is 102 Å². The smallest absolute Gasteiger partial charge is 0.248 e. The number of hydrogen-bond acceptors (Lipinski definition) is 21. The van der Waals surface area contributed by atoms with E-state index in [1.807, 2.05) is 0 Å². The fourth-order valence-electron chi connectivity index (χ4n) is 12.9. The first-order chi connectivity index (χ1) is 57.8. The summed E-state index contributed by atoms with van der Waals surface area (Å²) in [6.07, 6.45) is -0.712. The number of amides is 20. The standard InChI is InChI=1S/C85H142N20O21/c1-26-84(24,104-76(125)85(25,27-2)102-63(112)49(10)89-62(111)48(9)90-71(120)79(14,15)97-50(11)107)75(124)95-54(36-38-59(87)109)65(114)98-80(16,17)73(122)96-61(47(7)8)69(118)101-78(12,13)70(119)88-43-60(110)92-55(40-45(3)4)66(115)100-83(22,23)77(126)105-39-31-34-57(105)68(117)93-56(41-46(5)6)67(116)99-82(20,21)74(123)103-81(18,19)72(121)94-53(35-37-58(86)108)64(113)91-52(44-106)42-51-32-29-28-30-33-51/h28-30,32-33,45-49,52-57,61,106H,26-27,31,34-44H2,1-25H3,(H2,86,108)(H2,87,109)(H,88,119)(H,89,111)(H,90,120)(H,91,113)(H,92,110)(H,93,117)(H,94,121)(H,95,124)(H,96,122)(H,97,107)(H,98,114)(H,99,116)(H,100,115)(H,101,118)(H,102,112)(H,103,123)(H,104,125)/t48-,49-,52-,53-,54-,55-,56-,57-,61-,84+,85+/m0/s1. The van der Waals surface area contributed by atoms with Crippen molar-refractivity contribution in [2.24, 2.45) is 29.2 Å². The molecular weight excluding hydrogens is 1640 g/mol. The third kappa shape index (κ3) is 34.5. The number of carbonyl (C=O) groups excluding carboxylic acids is 20. The van der Waals surface area contributed by atoms with Crippen molar-refractivity contribution < 1.29 is 101 Å². The molecule has 2 rings (SSSR count). The molecular formula is C85H142N20O21. The van der Waals surface area contributed by atoms with Gasteiger partial charge in [0, 0.05) is 26.3 Å². The summed E-state index contributed by atoms with van der Waals surface area (Å²) in [5.41, 5.74) is -2.20. The van der Waals surface area contributed by atoms with Crippen molar-refractivity contribution >= 4 is 118 Å². The fraction of sp³-hybridized carbons (Fsp3) is 0.694. The number of aliphatic hydroxyl groups excluding tert-OH is 1. The second-order valence-corrected chi connectivity index (χ2v) is 37.2. The quantitative estimate of drug-likeness (QED) is 0.0320. The number of benzene rings is 1. The van der Waals surface area contributed by atoms with Crippen LogP contribution in [0.3, 0.4) is 0 Å². The molecule has 708 valence electrons. The van der Waals surface area contributed by atoms with Gasteiger partial charge >= 0.3 is 0 Å². The van der Waals surface area contributed by atoms with E-state index in [9.17, 15) is 101 Å². The van der Waals surface area contributed by atoms with Gasteiger partial charge in [0.2, 0.25) is 118 Å². The van der Waals surface area contributed by atoms with Crippen molar-refractivity contribution in [2.45, 2.75) is 342 Å². The van der Waals surface area contributed by atoms with Gasteiger partial charge in [-0.1, -0.05) is 85.7 Å². The van der Waals surface area contributed by atoms with E-state index < -0.39 is 249 Å². The van der Waals surface area contributed by atoms with Crippen LogP contribution in [0.2, 0.25) is 0 Å². The number of nitrogens with one attached hydrogen (secondary N) is 17. The Labute approximate surface area is 738 Å². The van der Waals surface area contributed by atoms with E-state index in [0.717, 1.165) is 5.56 Å². The molecule has 0 saturated carbocycles. The van der Waals surface area contributed by atoms with E-state index >= 15 is 0 Å². The van der Waals surface area contributed by atoms with Crippen LogP contribution in [0.1, 0.15) is 243 Å². The summed E-state index contributed by atoms with van der Waals surface area (Å²) < 4.78 is 0. The Morgan fingerprint density at radius 2 is 0.857 bits per heavy atom. The molecule has 0 radical (unpaired) electrons. The molecule has 126 heavy (non-hydrogen) atoms. The highest BCUT2D eigenvalue weighted by Gasteiger charge is 2.48. The molecule has 1 saturated heterocycles. The molecule has 1 aliphatic rings. The van der Waals surface area contributed by atoms with E-state index in [0.29, 0.717) is 6.42 Å².